The highest BCUT2D eigenvalue weighted by atomic mass is 19.1. The Labute approximate surface area is 70.2 Å². The van der Waals surface area contributed by atoms with Crippen LogP contribution in [0.2, 0.25) is 0 Å². The van der Waals surface area contributed by atoms with E-state index in [2.05, 4.69) is 0 Å². The van der Waals surface area contributed by atoms with E-state index in [-0.39, 0.29) is 12.8 Å². The summed E-state index contributed by atoms with van der Waals surface area (Å²) < 4.78 is 12.4. The highest BCUT2D eigenvalue weighted by Gasteiger charge is 2.41. The molecule has 0 saturated heterocycles. The molecule has 0 aromatic heterocycles. The molecular weight excluding hydrogens is 163 g/mol. The second-order valence-electron chi connectivity index (χ2n) is 3.45. The zero-order valence-electron chi connectivity index (χ0n) is 6.79. The van der Waals surface area contributed by atoms with Gasteiger partial charge >= 0.3 is 5.97 Å². The molecule has 0 unspecified atom stereocenters. The van der Waals surface area contributed by atoms with E-state index >= 15 is 0 Å². The molecule has 0 aliphatic heterocycles. The van der Waals surface area contributed by atoms with Crippen LogP contribution in [0.5, 0.6) is 0 Å². The number of aliphatic hydroxyl groups excluding tert-OH is 1. The molecule has 0 radical (unpaired) electrons. The van der Waals surface area contributed by atoms with Gasteiger partial charge in [0.05, 0.1) is 11.5 Å². The third-order valence-electron chi connectivity index (χ3n) is 2.62. The molecule has 12 heavy (non-hydrogen) atoms. The lowest BCUT2D eigenvalue weighted by atomic mass is 9.74. The number of halogens is 1. The number of hydrogen-bond acceptors (Lipinski definition) is 2. The molecule has 2 N–H and O–H groups in total. The smallest absolute Gasteiger partial charge is 0.312 e. The summed E-state index contributed by atoms with van der Waals surface area (Å²) in [6, 6.07) is 0. The maximum atomic E-state index is 12.4. The summed E-state index contributed by atoms with van der Waals surface area (Å²) in [7, 11) is 0. The van der Waals surface area contributed by atoms with Gasteiger partial charge in [-0.25, -0.2) is 4.39 Å². The quantitative estimate of drug-likeness (QED) is 0.658. The Hall–Kier alpha value is -0.640. The SMILES string of the molecule is O=C(O)C1(CF)CCC(O)CC1. The van der Waals surface area contributed by atoms with E-state index in [9.17, 15) is 9.18 Å². The van der Waals surface area contributed by atoms with Crippen LogP contribution in [0.25, 0.3) is 0 Å². The number of rotatable bonds is 2. The van der Waals surface area contributed by atoms with Crippen molar-refractivity contribution in [2.24, 2.45) is 5.41 Å². The van der Waals surface area contributed by atoms with E-state index in [0.29, 0.717) is 12.8 Å². The number of alkyl halides is 1. The van der Waals surface area contributed by atoms with Crippen LogP contribution in [0.15, 0.2) is 0 Å². The number of hydrogen-bond donors (Lipinski definition) is 2. The van der Waals surface area contributed by atoms with Gasteiger partial charge in [0.15, 0.2) is 0 Å². The van der Waals surface area contributed by atoms with Crippen molar-refractivity contribution in [3.05, 3.63) is 0 Å². The van der Waals surface area contributed by atoms with E-state index in [0.717, 1.165) is 0 Å². The molecule has 1 aliphatic rings. The molecule has 1 rings (SSSR count). The maximum Gasteiger partial charge on any atom is 0.312 e. The van der Waals surface area contributed by atoms with Crippen LogP contribution in [0.4, 0.5) is 4.39 Å². The van der Waals surface area contributed by atoms with E-state index in [1.807, 2.05) is 0 Å². The molecule has 0 bridgehead atoms. The molecule has 0 spiro atoms. The molecule has 4 heteroatoms. The standard InChI is InChI=1S/C8H13FO3/c9-5-8(7(11)12)3-1-6(10)2-4-8/h6,10H,1-5H2,(H,11,12). The zero-order chi connectivity index (χ0) is 9.19. The molecule has 0 amide bonds. The van der Waals surface area contributed by atoms with Crippen molar-refractivity contribution in [1.29, 1.82) is 0 Å². The molecule has 1 aliphatic carbocycles. The topological polar surface area (TPSA) is 57.5 Å². The Kier molecular flexibility index (Phi) is 2.67. The van der Waals surface area contributed by atoms with Crippen LogP contribution in [-0.4, -0.2) is 29.0 Å². The Morgan fingerprint density at radius 2 is 2.00 bits per heavy atom. The number of carboxylic acid groups (broad SMARTS) is 1. The Bertz CT molecular complexity index is 173. The van der Waals surface area contributed by atoms with Crippen LogP contribution < -0.4 is 0 Å². The number of aliphatic hydroxyl groups is 1. The number of aliphatic carboxylic acids is 1. The third kappa shape index (κ3) is 1.58. The fourth-order valence-electron chi connectivity index (χ4n) is 1.56. The van der Waals surface area contributed by atoms with Crippen LogP contribution >= 0.6 is 0 Å². The zero-order valence-corrected chi connectivity index (χ0v) is 6.79. The summed E-state index contributed by atoms with van der Waals surface area (Å²) >= 11 is 0. The first-order chi connectivity index (χ1) is 5.60. The van der Waals surface area contributed by atoms with Gasteiger partial charge in [-0.05, 0) is 25.7 Å². The van der Waals surface area contributed by atoms with Crippen molar-refractivity contribution >= 4 is 5.97 Å². The van der Waals surface area contributed by atoms with Crippen molar-refractivity contribution in [2.75, 3.05) is 6.67 Å². The number of carboxylic acids is 1. The lowest BCUT2D eigenvalue weighted by Crippen LogP contribution is -2.38. The average Bonchev–Trinajstić information content (AvgIpc) is 2.06. The maximum absolute atomic E-state index is 12.4. The Balaban J connectivity index is 2.63. The lowest BCUT2D eigenvalue weighted by Gasteiger charge is -2.32. The van der Waals surface area contributed by atoms with E-state index < -0.39 is 24.2 Å². The van der Waals surface area contributed by atoms with Crippen LogP contribution in [0.1, 0.15) is 25.7 Å². The normalized spacial score (nSPS) is 36.3. The Morgan fingerprint density at radius 1 is 1.50 bits per heavy atom. The van der Waals surface area contributed by atoms with Crippen LogP contribution in [0.3, 0.4) is 0 Å². The van der Waals surface area contributed by atoms with E-state index in [4.69, 9.17) is 10.2 Å². The van der Waals surface area contributed by atoms with Crippen LogP contribution in [0, 0.1) is 5.41 Å². The first kappa shape index (κ1) is 9.45. The molecule has 0 aromatic rings. The Morgan fingerprint density at radius 3 is 2.33 bits per heavy atom. The van der Waals surface area contributed by atoms with Crippen molar-refractivity contribution < 1.29 is 19.4 Å². The minimum atomic E-state index is -1.21. The molecule has 0 atom stereocenters. The van der Waals surface area contributed by atoms with Crippen molar-refractivity contribution in [3.8, 4) is 0 Å². The second kappa shape index (κ2) is 3.39. The van der Waals surface area contributed by atoms with Gasteiger partial charge in [-0.2, -0.15) is 0 Å². The van der Waals surface area contributed by atoms with E-state index in [1.165, 1.54) is 0 Å². The summed E-state index contributed by atoms with van der Waals surface area (Å²) in [6.45, 7) is -0.824. The summed E-state index contributed by atoms with van der Waals surface area (Å²) in [5.41, 5.74) is -1.21. The van der Waals surface area contributed by atoms with Gasteiger partial charge in [-0.3, -0.25) is 4.79 Å². The summed E-state index contributed by atoms with van der Waals surface area (Å²) in [6.07, 6.45) is 0.857. The first-order valence-corrected chi connectivity index (χ1v) is 4.08. The average molecular weight is 176 g/mol. The summed E-state index contributed by atoms with van der Waals surface area (Å²) in [5.74, 6) is -1.07. The molecular formula is C8H13FO3. The van der Waals surface area contributed by atoms with Crippen molar-refractivity contribution in [1.82, 2.24) is 0 Å². The van der Waals surface area contributed by atoms with Crippen molar-refractivity contribution in [2.45, 2.75) is 31.8 Å². The van der Waals surface area contributed by atoms with Gasteiger partial charge in [0.1, 0.15) is 6.67 Å². The predicted molar refractivity (Wildman–Crippen MR) is 40.5 cm³/mol. The molecule has 1 saturated carbocycles. The summed E-state index contributed by atoms with van der Waals surface area (Å²) in [4.78, 5) is 10.7. The largest absolute Gasteiger partial charge is 0.481 e. The van der Waals surface area contributed by atoms with E-state index in [1.54, 1.807) is 0 Å². The molecule has 0 aromatic carbocycles. The monoisotopic (exact) mass is 176 g/mol. The van der Waals surface area contributed by atoms with Gasteiger partial charge in [-0.15, -0.1) is 0 Å². The second-order valence-corrected chi connectivity index (χ2v) is 3.45. The van der Waals surface area contributed by atoms with Gasteiger partial charge in [0.2, 0.25) is 0 Å². The molecule has 3 nitrogen and oxygen atoms in total. The van der Waals surface area contributed by atoms with Gasteiger partial charge in [0, 0.05) is 0 Å². The summed E-state index contributed by atoms with van der Waals surface area (Å²) in [5, 5.41) is 17.9. The number of carbonyl (C=O) groups is 1. The lowest BCUT2D eigenvalue weighted by molar-refractivity contribution is -0.153. The van der Waals surface area contributed by atoms with Crippen molar-refractivity contribution in [3.63, 3.8) is 0 Å². The third-order valence-corrected chi connectivity index (χ3v) is 2.62. The highest BCUT2D eigenvalue weighted by Crippen LogP contribution is 2.36. The minimum Gasteiger partial charge on any atom is -0.481 e. The fraction of sp³-hybridized carbons (Fsp3) is 0.875. The van der Waals surface area contributed by atoms with Gasteiger partial charge in [0.25, 0.3) is 0 Å². The highest BCUT2D eigenvalue weighted by molar-refractivity contribution is 5.74. The van der Waals surface area contributed by atoms with Gasteiger partial charge < -0.3 is 10.2 Å². The predicted octanol–water partition coefficient (Wildman–Crippen LogP) is 0.962. The first-order valence-electron chi connectivity index (χ1n) is 4.08. The minimum absolute atomic E-state index is 0.250. The molecule has 0 heterocycles. The molecule has 70 valence electrons. The van der Waals surface area contributed by atoms with Gasteiger partial charge in [-0.1, -0.05) is 0 Å². The fourth-order valence-corrected chi connectivity index (χ4v) is 1.56. The van der Waals surface area contributed by atoms with Crippen LogP contribution in [-0.2, 0) is 4.79 Å². The molecule has 1 fully saturated rings.